The summed E-state index contributed by atoms with van der Waals surface area (Å²) in [6.45, 7) is 13.6. The van der Waals surface area contributed by atoms with Crippen LogP contribution in [0.15, 0.2) is 16.0 Å². The number of aryl methyl sites for hydroxylation is 1. The van der Waals surface area contributed by atoms with Crippen molar-refractivity contribution in [3.8, 4) is 0 Å². The van der Waals surface area contributed by atoms with Crippen molar-refractivity contribution in [1.82, 2.24) is 24.1 Å². The highest BCUT2D eigenvalue weighted by Crippen LogP contribution is 2.35. The van der Waals surface area contributed by atoms with Crippen LogP contribution in [0.5, 0.6) is 0 Å². The van der Waals surface area contributed by atoms with Crippen molar-refractivity contribution < 1.29 is 13.2 Å². The van der Waals surface area contributed by atoms with E-state index in [1.807, 2.05) is 13.8 Å². The van der Waals surface area contributed by atoms with Gasteiger partial charge in [-0.25, -0.2) is 13.4 Å². The smallest absolute Gasteiger partial charge is 0.263 e. The first-order valence-electron chi connectivity index (χ1n) is 11.6. The number of likely N-dealkylation sites (N-methyl/N-ethyl adjacent to an activating group) is 1. The summed E-state index contributed by atoms with van der Waals surface area (Å²) >= 11 is 1.20. The minimum absolute atomic E-state index is 0.0394. The molecule has 3 heterocycles. The maximum Gasteiger partial charge on any atom is 0.263 e. The number of hydrogen-bond donors (Lipinski definition) is 1. The Morgan fingerprint density at radius 2 is 1.88 bits per heavy atom. The van der Waals surface area contributed by atoms with E-state index >= 15 is 0 Å². The van der Waals surface area contributed by atoms with E-state index < -0.39 is 15.6 Å². The van der Waals surface area contributed by atoms with Crippen molar-refractivity contribution in [1.29, 1.82) is 0 Å². The molecule has 0 bridgehead atoms. The van der Waals surface area contributed by atoms with Gasteiger partial charge in [0.15, 0.2) is 0 Å². The van der Waals surface area contributed by atoms with E-state index in [1.165, 1.54) is 26.5 Å². The van der Waals surface area contributed by atoms with E-state index in [2.05, 4.69) is 29.0 Å². The largest absolute Gasteiger partial charge is 0.353 e. The molecule has 1 saturated heterocycles. The molecule has 0 unspecified atom stereocenters. The summed E-state index contributed by atoms with van der Waals surface area (Å²) < 4.78 is 29.9. The number of piperidine rings is 1. The molecule has 1 aliphatic heterocycles. The minimum atomic E-state index is -3.85. The SMILES string of the molecule is CCN(CC)CCNC(=O)Cn1cnc2sc(C)c(S(=O)(=O)N3C[C@H](C)C[C@H](C)C3)c2c1=O. The first-order valence-corrected chi connectivity index (χ1v) is 13.8. The highest BCUT2D eigenvalue weighted by Gasteiger charge is 2.35. The number of carbonyl (C=O) groups is 1. The summed E-state index contributed by atoms with van der Waals surface area (Å²) in [6, 6.07) is 0. The number of amides is 1. The molecule has 2 atom stereocenters. The van der Waals surface area contributed by atoms with Crippen LogP contribution in [0.25, 0.3) is 10.2 Å². The molecular formula is C22H35N5O4S2. The molecule has 0 aliphatic carbocycles. The van der Waals surface area contributed by atoms with Crippen molar-refractivity contribution in [3.63, 3.8) is 0 Å². The fourth-order valence-electron chi connectivity index (χ4n) is 4.57. The van der Waals surface area contributed by atoms with Gasteiger partial charge in [0.05, 0.1) is 11.7 Å². The average molecular weight is 498 g/mol. The molecule has 1 N–H and O–H groups in total. The molecule has 1 fully saturated rings. The second kappa shape index (κ2) is 10.6. The Morgan fingerprint density at radius 1 is 1.24 bits per heavy atom. The summed E-state index contributed by atoms with van der Waals surface area (Å²) in [5, 5.41) is 2.91. The number of carbonyl (C=O) groups excluding carboxylic acids is 1. The summed E-state index contributed by atoms with van der Waals surface area (Å²) in [6.07, 6.45) is 2.30. The van der Waals surface area contributed by atoms with Crippen molar-refractivity contribution in [2.45, 2.75) is 52.5 Å². The van der Waals surface area contributed by atoms with E-state index in [4.69, 9.17) is 0 Å². The van der Waals surface area contributed by atoms with Gasteiger partial charge >= 0.3 is 0 Å². The Labute approximate surface area is 199 Å². The Morgan fingerprint density at radius 3 is 2.48 bits per heavy atom. The fourth-order valence-corrected chi connectivity index (χ4v) is 7.92. The molecular weight excluding hydrogens is 462 g/mol. The first kappa shape index (κ1) is 25.8. The second-order valence-corrected chi connectivity index (χ2v) is 12.1. The molecule has 0 aromatic carbocycles. The molecule has 0 saturated carbocycles. The average Bonchev–Trinajstić information content (AvgIpc) is 3.10. The molecule has 0 spiro atoms. The molecule has 184 valence electrons. The van der Waals surface area contributed by atoms with Gasteiger partial charge in [0.2, 0.25) is 15.9 Å². The number of nitrogens with one attached hydrogen (secondary N) is 1. The minimum Gasteiger partial charge on any atom is -0.353 e. The molecule has 11 heteroatoms. The Kier molecular flexibility index (Phi) is 8.31. The van der Waals surface area contributed by atoms with E-state index in [0.29, 0.717) is 29.3 Å². The predicted molar refractivity (Wildman–Crippen MR) is 131 cm³/mol. The lowest BCUT2D eigenvalue weighted by atomic mass is 9.94. The molecule has 3 rings (SSSR count). The van der Waals surface area contributed by atoms with Gasteiger partial charge < -0.3 is 10.2 Å². The Balaban J connectivity index is 1.88. The standard InChI is InChI=1S/C22H35N5O4S2/c1-6-25(7-2)9-8-23-18(28)13-26-14-24-21-19(22(26)29)20(17(5)32-21)33(30,31)27-11-15(3)10-16(4)12-27/h14-16H,6-13H2,1-5H3,(H,23,28)/t15-,16+. The summed E-state index contributed by atoms with van der Waals surface area (Å²) in [5.74, 6) is 0.201. The lowest BCUT2D eigenvalue weighted by molar-refractivity contribution is -0.121. The number of hydrogen-bond acceptors (Lipinski definition) is 7. The zero-order valence-electron chi connectivity index (χ0n) is 20.1. The van der Waals surface area contributed by atoms with E-state index in [9.17, 15) is 18.0 Å². The number of aromatic nitrogens is 2. The van der Waals surface area contributed by atoms with Crippen molar-refractivity contribution in [2.24, 2.45) is 11.8 Å². The maximum atomic E-state index is 13.6. The summed E-state index contributed by atoms with van der Waals surface area (Å²) in [4.78, 5) is 33.2. The third-order valence-electron chi connectivity index (χ3n) is 6.19. The van der Waals surface area contributed by atoms with E-state index in [1.54, 1.807) is 6.92 Å². The second-order valence-electron chi connectivity index (χ2n) is 8.99. The van der Waals surface area contributed by atoms with E-state index in [0.717, 1.165) is 26.1 Å². The zero-order chi connectivity index (χ0) is 24.3. The van der Waals surface area contributed by atoms with Gasteiger partial charge in [-0.2, -0.15) is 4.31 Å². The van der Waals surface area contributed by atoms with Gasteiger partial charge in [0, 0.05) is 31.1 Å². The molecule has 0 radical (unpaired) electrons. The lowest BCUT2D eigenvalue weighted by Crippen LogP contribution is -2.43. The number of sulfonamides is 1. The van der Waals surface area contributed by atoms with Crippen LogP contribution < -0.4 is 10.9 Å². The van der Waals surface area contributed by atoms with Gasteiger partial charge in [0.25, 0.3) is 5.56 Å². The normalized spacial score (nSPS) is 19.9. The van der Waals surface area contributed by atoms with Crippen molar-refractivity contribution >= 4 is 37.5 Å². The highest BCUT2D eigenvalue weighted by molar-refractivity contribution is 7.89. The topological polar surface area (TPSA) is 105 Å². The van der Waals surface area contributed by atoms with Crippen LogP contribution in [0.4, 0.5) is 0 Å². The van der Waals surface area contributed by atoms with Gasteiger partial charge in [-0.1, -0.05) is 27.7 Å². The molecule has 1 amide bonds. The van der Waals surface area contributed by atoms with Crippen molar-refractivity contribution in [3.05, 3.63) is 21.6 Å². The highest BCUT2D eigenvalue weighted by atomic mass is 32.2. The Bertz CT molecular complexity index is 1140. The zero-order valence-corrected chi connectivity index (χ0v) is 21.8. The van der Waals surface area contributed by atoms with Gasteiger partial charge in [-0.05, 0) is 38.3 Å². The number of thiophene rings is 1. The van der Waals surface area contributed by atoms with Crippen LogP contribution in [0, 0.1) is 18.8 Å². The number of fused-ring (bicyclic) bond motifs is 1. The third-order valence-corrected chi connectivity index (χ3v) is 9.34. The quantitative estimate of drug-likeness (QED) is 0.567. The molecule has 2 aromatic rings. The molecule has 33 heavy (non-hydrogen) atoms. The van der Waals surface area contributed by atoms with Gasteiger partial charge in [-0.3, -0.25) is 14.2 Å². The van der Waals surface area contributed by atoms with E-state index in [-0.39, 0.29) is 34.6 Å². The van der Waals surface area contributed by atoms with Crippen LogP contribution in [0.2, 0.25) is 0 Å². The van der Waals surface area contributed by atoms with Crippen LogP contribution in [-0.4, -0.2) is 72.3 Å². The molecule has 2 aromatic heterocycles. The molecule has 9 nitrogen and oxygen atoms in total. The Hall–Kier alpha value is -1.82. The number of rotatable bonds is 9. The van der Waals surface area contributed by atoms with Gasteiger partial charge in [0.1, 0.15) is 16.3 Å². The molecule has 1 aliphatic rings. The van der Waals surface area contributed by atoms with Crippen LogP contribution in [0.3, 0.4) is 0 Å². The lowest BCUT2D eigenvalue weighted by Gasteiger charge is -2.34. The summed E-state index contributed by atoms with van der Waals surface area (Å²) in [7, 11) is -3.85. The number of nitrogens with zero attached hydrogens (tertiary/aromatic N) is 4. The predicted octanol–water partition coefficient (Wildman–Crippen LogP) is 1.89. The third kappa shape index (κ3) is 5.64. The van der Waals surface area contributed by atoms with Gasteiger partial charge in [-0.15, -0.1) is 11.3 Å². The van der Waals surface area contributed by atoms with Crippen molar-refractivity contribution in [2.75, 3.05) is 39.3 Å². The van der Waals surface area contributed by atoms with Crippen LogP contribution in [-0.2, 0) is 21.4 Å². The summed E-state index contributed by atoms with van der Waals surface area (Å²) in [5.41, 5.74) is -0.500. The fraction of sp³-hybridized carbons (Fsp3) is 0.682. The van der Waals surface area contributed by atoms with Crippen LogP contribution in [0.1, 0.15) is 39.0 Å². The maximum absolute atomic E-state index is 13.6. The first-order chi connectivity index (χ1) is 15.6. The monoisotopic (exact) mass is 497 g/mol. The van der Waals surface area contributed by atoms with Crippen LogP contribution >= 0.6 is 11.3 Å².